The highest BCUT2D eigenvalue weighted by Crippen LogP contribution is 2.73. The van der Waals surface area contributed by atoms with Gasteiger partial charge in [-0.3, -0.25) is 0 Å². The zero-order chi connectivity index (χ0) is 26.8. The Labute approximate surface area is 241 Å². The molecule has 4 aromatic rings. The van der Waals surface area contributed by atoms with Crippen molar-refractivity contribution >= 4 is 37.5 Å². The van der Waals surface area contributed by atoms with E-state index in [0.29, 0.717) is 0 Å². The fraction of sp³-hybridized carbons (Fsp3) is 0.333. The lowest BCUT2D eigenvalue weighted by molar-refractivity contribution is -0.0413. The van der Waals surface area contributed by atoms with Crippen LogP contribution in [-0.4, -0.2) is 13.2 Å². The van der Waals surface area contributed by atoms with E-state index in [9.17, 15) is 0 Å². The van der Waals surface area contributed by atoms with E-state index >= 15 is 0 Å². The number of hydrogen-bond donors (Lipinski definition) is 0. The number of fused-ring (bicyclic) bond motifs is 5. The first-order valence-electron chi connectivity index (χ1n) is 15.0. The van der Waals surface area contributed by atoms with E-state index in [0.717, 1.165) is 25.0 Å². The fourth-order valence-corrected chi connectivity index (χ4v) is 12.6. The lowest BCUT2D eigenvalue weighted by Crippen LogP contribution is -2.47. The number of hydrogen-bond acceptors (Lipinski definition) is 2. The highest BCUT2D eigenvalue weighted by atomic mass is 31.1. The topological polar surface area (TPSA) is 18.5 Å². The van der Waals surface area contributed by atoms with Crippen LogP contribution in [0.4, 0.5) is 0 Å². The molecule has 0 saturated heterocycles. The lowest BCUT2D eigenvalue weighted by atomic mass is 9.60. The van der Waals surface area contributed by atoms with E-state index in [-0.39, 0.29) is 10.8 Å². The van der Waals surface area contributed by atoms with Crippen molar-refractivity contribution in [2.45, 2.75) is 38.5 Å². The smallest absolute Gasteiger partial charge is 0.197 e. The summed E-state index contributed by atoms with van der Waals surface area (Å²) < 4.78 is 14.4. The molecule has 4 atom stereocenters. The molecule has 3 saturated carbocycles. The van der Waals surface area contributed by atoms with Crippen molar-refractivity contribution in [1.82, 2.24) is 0 Å². The van der Waals surface area contributed by atoms with Crippen LogP contribution < -0.4 is 21.2 Å². The molecular formula is C36H40O2P2+2. The molecule has 4 aromatic carbocycles. The summed E-state index contributed by atoms with van der Waals surface area (Å²) in [6.45, 7) is 1.73. The van der Waals surface area contributed by atoms with Crippen LogP contribution in [-0.2, 0) is 9.05 Å². The Bertz CT molecular complexity index is 1300. The van der Waals surface area contributed by atoms with Gasteiger partial charge >= 0.3 is 0 Å². The summed E-state index contributed by atoms with van der Waals surface area (Å²) >= 11 is 0. The first kappa shape index (κ1) is 26.6. The molecule has 3 aliphatic carbocycles. The van der Waals surface area contributed by atoms with Gasteiger partial charge in [-0.25, -0.2) is 9.05 Å². The van der Waals surface area contributed by atoms with Gasteiger partial charge in [0.2, 0.25) is 0 Å². The van der Waals surface area contributed by atoms with E-state index in [4.69, 9.17) is 9.05 Å². The Morgan fingerprint density at radius 3 is 1.48 bits per heavy atom. The van der Waals surface area contributed by atoms with Crippen LogP contribution in [0.5, 0.6) is 0 Å². The van der Waals surface area contributed by atoms with E-state index in [1.807, 2.05) is 0 Å². The third-order valence-electron chi connectivity index (χ3n) is 10.2. The molecule has 4 heteroatoms. The van der Waals surface area contributed by atoms with E-state index in [1.165, 1.54) is 59.7 Å². The Balaban J connectivity index is 1.18. The Hall–Kier alpha value is -2.34. The van der Waals surface area contributed by atoms with E-state index in [1.54, 1.807) is 0 Å². The van der Waals surface area contributed by atoms with Gasteiger partial charge < -0.3 is 0 Å². The van der Waals surface area contributed by atoms with Gasteiger partial charge in [-0.05, 0) is 92.5 Å². The van der Waals surface area contributed by atoms with Crippen LogP contribution in [0.3, 0.4) is 0 Å². The van der Waals surface area contributed by atoms with Crippen molar-refractivity contribution in [1.29, 1.82) is 0 Å². The first-order chi connectivity index (χ1) is 19.8. The maximum atomic E-state index is 7.21. The van der Waals surface area contributed by atoms with Crippen LogP contribution in [0.25, 0.3) is 0 Å². The third kappa shape index (κ3) is 4.78. The molecule has 7 rings (SSSR count). The maximum Gasteiger partial charge on any atom is 0.197 e. The molecule has 2 nitrogen and oxygen atoms in total. The molecule has 0 spiro atoms. The highest BCUT2D eigenvalue weighted by molar-refractivity contribution is 7.68. The fourth-order valence-electron chi connectivity index (χ4n) is 8.45. The van der Waals surface area contributed by atoms with E-state index in [2.05, 4.69) is 121 Å². The van der Waals surface area contributed by atoms with Gasteiger partial charge in [0.1, 0.15) is 21.2 Å². The second-order valence-electron chi connectivity index (χ2n) is 12.1. The summed E-state index contributed by atoms with van der Waals surface area (Å²) in [7, 11) is -2.64. The van der Waals surface area contributed by atoms with Crippen LogP contribution in [0, 0.1) is 22.7 Å². The summed E-state index contributed by atoms with van der Waals surface area (Å²) in [4.78, 5) is 0. The summed E-state index contributed by atoms with van der Waals surface area (Å²) in [5.74, 6) is 1.62. The average molecular weight is 567 g/mol. The normalized spacial score (nSPS) is 26.9. The van der Waals surface area contributed by atoms with Crippen molar-refractivity contribution < 1.29 is 9.05 Å². The van der Waals surface area contributed by atoms with Gasteiger partial charge in [-0.1, -0.05) is 79.2 Å². The summed E-state index contributed by atoms with van der Waals surface area (Å²) in [5, 5.41) is 5.37. The van der Waals surface area contributed by atoms with Crippen molar-refractivity contribution in [3.05, 3.63) is 121 Å². The number of rotatable bonds is 10. The van der Waals surface area contributed by atoms with Gasteiger partial charge in [0.05, 0.1) is 13.2 Å². The largest absolute Gasteiger partial charge is 0.229 e. The van der Waals surface area contributed by atoms with Gasteiger partial charge in [0.25, 0.3) is 0 Å². The van der Waals surface area contributed by atoms with Crippen molar-refractivity contribution in [2.24, 2.45) is 22.7 Å². The summed E-state index contributed by atoms with van der Waals surface area (Å²) in [6, 6.07) is 43.8. The molecule has 0 aromatic heterocycles. The Morgan fingerprint density at radius 2 is 1.00 bits per heavy atom. The monoisotopic (exact) mass is 566 g/mol. The molecule has 0 heterocycles. The van der Waals surface area contributed by atoms with Crippen LogP contribution >= 0.6 is 16.3 Å². The molecule has 3 fully saturated rings. The molecule has 3 aliphatic rings. The maximum absolute atomic E-state index is 7.21. The molecule has 40 heavy (non-hydrogen) atoms. The molecule has 0 amide bonds. The lowest BCUT2D eigenvalue weighted by Gasteiger charge is -2.47. The molecule has 0 radical (unpaired) electrons. The van der Waals surface area contributed by atoms with Crippen molar-refractivity contribution in [3.8, 4) is 0 Å². The molecule has 4 unspecified atom stereocenters. The highest BCUT2D eigenvalue weighted by Gasteiger charge is 2.69. The quantitative estimate of drug-likeness (QED) is 0.190. The molecule has 0 N–H and O–H groups in total. The third-order valence-corrected chi connectivity index (χ3v) is 14.5. The minimum Gasteiger partial charge on any atom is -0.229 e. The SMILES string of the molecule is c1ccc([PH+](OCC23CCC(C2)C2CCCC23CO[PH+](c2ccccc2)c2ccccc2)c2ccccc2)cc1. The molecule has 2 bridgehead atoms. The first-order valence-corrected chi connectivity index (χ1v) is 17.8. The minimum atomic E-state index is -1.32. The predicted molar refractivity (Wildman–Crippen MR) is 172 cm³/mol. The predicted octanol–water partition coefficient (Wildman–Crippen LogP) is 7.17. The summed E-state index contributed by atoms with van der Waals surface area (Å²) in [5.41, 5.74) is 0.453. The zero-order valence-electron chi connectivity index (χ0n) is 23.2. The average Bonchev–Trinajstić information content (AvgIpc) is 3.72. The number of benzene rings is 4. The standard InChI is InChI=1S/C36H38O2P2/c1-5-14-30(15-6-1)39(31-16-7-2-8-17-31)37-27-35-25-23-29(26-35)34-22-13-24-36(34,35)28-38-40(32-18-9-3-10-19-32)33-20-11-4-12-21-33/h1-12,14-21,29,34H,13,22-28H2/p+2. The minimum absolute atomic E-state index is 0.221. The van der Waals surface area contributed by atoms with Crippen LogP contribution in [0.2, 0.25) is 0 Å². The van der Waals surface area contributed by atoms with Crippen LogP contribution in [0.1, 0.15) is 38.5 Å². The Morgan fingerprint density at radius 1 is 0.550 bits per heavy atom. The molecule has 0 aliphatic heterocycles. The molecule has 204 valence electrons. The van der Waals surface area contributed by atoms with Crippen molar-refractivity contribution in [3.63, 3.8) is 0 Å². The second-order valence-corrected chi connectivity index (χ2v) is 16.3. The van der Waals surface area contributed by atoms with Gasteiger partial charge in [0, 0.05) is 10.8 Å². The zero-order valence-corrected chi connectivity index (χ0v) is 25.2. The Kier molecular flexibility index (Phi) is 7.64. The van der Waals surface area contributed by atoms with Crippen LogP contribution in [0.15, 0.2) is 121 Å². The van der Waals surface area contributed by atoms with E-state index < -0.39 is 16.3 Å². The van der Waals surface area contributed by atoms with Gasteiger partial charge in [-0.15, -0.1) is 0 Å². The molecular weight excluding hydrogens is 526 g/mol. The van der Waals surface area contributed by atoms with Gasteiger partial charge in [-0.2, -0.15) is 0 Å². The van der Waals surface area contributed by atoms with Gasteiger partial charge in [0.15, 0.2) is 16.3 Å². The second kappa shape index (κ2) is 11.5. The van der Waals surface area contributed by atoms with Crippen molar-refractivity contribution in [2.75, 3.05) is 13.2 Å². The summed E-state index contributed by atoms with van der Waals surface area (Å²) in [6.07, 6.45) is 7.95.